The first-order chi connectivity index (χ1) is 9.11. The number of carbonyl (C=O) groups excluding carboxylic acids is 1. The molecule has 110 valence electrons. The SMILES string of the molecule is COc1cccc([C@](N)(C(=O)O)C(=O)OC(C)(C)C)c1. The van der Waals surface area contributed by atoms with Crippen molar-refractivity contribution in [3.63, 3.8) is 0 Å². The van der Waals surface area contributed by atoms with Gasteiger partial charge in [0.05, 0.1) is 7.11 Å². The molecule has 20 heavy (non-hydrogen) atoms. The van der Waals surface area contributed by atoms with Crippen LogP contribution in [0.25, 0.3) is 0 Å². The first-order valence-corrected chi connectivity index (χ1v) is 6.01. The van der Waals surface area contributed by atoms with Crippen LogP contribution in [0.5, 0.6) is 5.75 Å². The van der Waals surface area contributed by atoms with E-state index in [2.05, 4.69) is 0 Å². The maximum atomic E-state index is 12.2. The van der Waals surface area contributed by atoms with E-state index in [0.29, 0.717) is 5.75 Å². The highest BCUT2D eigenvalue weighted by Crippen LogP contribution is 2.26. The summed E-state index contributed by atoms with van der Waals surface area (Å²) in [6.07, 6.45) is 0. The molecule has 0 amide bonds. The van der Waals surface area contributed by atoms with Gasteiger partial charge in [-0.3, -0.25) is 0 Å². The summed E-state index contributed by atoms with van der Waals surface area (Å²) in [6.45, 7) is 4.91. The smallest absolute Gasteiger partial charge is 0.343 e. The third kappa shape index (κ3) is 3.27. The Hall–Kier alpha value is -2.08. The number of carbonyl (C=O) groups is 2. The minimum atomic E-state index is -2.28. The van der Waals surface area contributed by atoms with E-state index in [9.17, 15) is 14.7 Å². The highest BCUT2D eigenvalue weighted by atomic mass is 16.6. The van der Waals surface area contributed by atoms with E-state index in [1.807, 2.05) is 0 Å². The second kappa shape index (κ2) is 5.50. The second-order valence-electron chi connectivity index (χ2n) is 5.35. The number of esters is 1. The van der Waals surface area contributed by atoms with Crippen LogP contribution in [0.2, 0.25) is 0 Å². The van der Waals surface area contributed by atoms with Gasteiger partial charge in [-0.05, 0) is 38.5 Å². The lowest BCUT2D eigenvalue weighted by Gasteiger charge is -2.28. The minimum absolute atomic E-state index is 0.0959. The molecule has 1 rings (SSSR count). The fourth-order valence-corrected chi connectivity index (χ4v) is 1.56. The predicted octanol–water partition coefficient (Wildman–Crippen LogP) is 1.28. The average Bonchev–Trinajstić information content (AvgIpc) is 2.35. The normalized spacial score (nSPS) is 14.2. The fourth-order valence-electron chi connectivity index (χ4n) is 1.56. The number of benzene rings is 1. The summed E-state index contributed by atoms with van der Waals surface area (Å²) in [4.78, 5) is 23.6. The molecule has 0 spiro atoms. The zero-order valence-electron chi connectivity index (χ0n) is 12.0. The summed E-state index contributed by atoms with van der Waals surface area (Å²) in [5.74, 6) is -2.10. The van der Waals surface area contributed by atoms with E-state index in [4.69, 9.17) is 15.2 Å². The number of aliphatic carboxylic acids is 1. The van der Waals surface area contributed by atoms with Crippen molar-refractivity contribution in [1.29, 1.82) is 0 Å². The summed E-state index contributed by atoms with van der Waals surface area (Å²) >= 11 is 0. The molecular weight excluding hydrogens is 262 g/mol. The van der Waals surface area contributed by atoms with E-state index < -0.39 is 23.1 Å². The molecule has 0 aromatic heterocycles. The van der Waals surface area contributed by atoms with Gasteiger partial charge in [-0.25, -0.2) is 9.59 Å². The Kier molecular flexibility index (Phi) is 4.39. The number of rotatable bonds is 4. The zero-order chi connectivity index (χ0) is 15.6. The van der Waals surface area contributed by atoms with Crippen LogP contribution in [0.15, 0.2) is 24.3 Å². The van der Waals surface area contributed by atoms with Crippen LogP contribution >= 0.6 is 0 Å². The van der Waals surface area contributed by atoms with Gasteiger partial charge in [0.2, 0.25) is 5.54 Å². The predicted molar refractivity (Wildman–Crippen MR) is 72.3 cm³/mol. The molecule has 1 aromatic rings. The van der Waals surface area contributed by atoms with Crippen molar-refractivity contribution in [2.45, 2.75) is 31.9 Å². The van der Waals surface area contributed by atoms with Crippen LogP contribution in [0.4, 0.5) is 0 Å². The number of methoxy groups -OCH3 is 1. The van der Waals surface area contributed by atoms with Crippen LogP contribution in [-0.4, -0.2) is 29.8 Å². The summed E-state index contributed by atoms with van der Waals surface area (Å²) < 4.78 is 10.1. The Morgan fingerprint density at radius 1 is 1.25 bits per heavy atom. The fraction of sp³-hybridized carbons (Fsp3) is 0.429. The van der Waals surface area contributed by atoms with Crippen LogP contribution in [0, 0.1) is 0 Å². The molecule has 0 aliphatic rings. The molecule has 0 unspecified atom stereocenters. The van der Waals surface area contributed by atoms with E-state index >= 15 is 0 Å². The molecule has 0 aliphatic carbocycles. The maximum absolute atomic E-state index is 12.2. The molecule has 0 fully saturated rings. The van der Waals surface area contributed by atoms with Crippen molar-refractivity contribution in [2.24, 2.45) is 5.73 Å². The standard InChI is InChI=1S/C14H19NO5/c1-13(2,3)20-12(18)14(15,11(16)17)9-6-5-7-10(8-9)19-4/h5-8H,15H2,1-4H3,(H,16,17)/t14-/m0/s1. The van der Waals surface area contributed by atoms with Crippen LogP contribution < -0.4 is 10.5 Å². The van der Waals surface area contributed by atoms with Crippen molar-refractivity contribution < 1.29 is 24.2 Å². The van der Waals surface area contributed by atoms with Gasteiger partial charge in [0, 0.05) is 0 Å². The van der Waals surface area contributed by atoms with E-state index in [1.54, 1.807) is 32.9 Å². The quantitative estimate of drug-likeness (QED) is 0.637. The Bertz CT molecular complexity index is 521. The first kappa shape index (κ1) is 16.0. The first-order valence-electron chi connectivity index (χ1n) is 6.01. The molecule has 6 heteroatoms. The molecular formula is C14H19NO5. The number of hydrogen-bond acceptors (Lipinski definition) is 5. The van der Waals surface area contributed by atoms with Crippen molar-refractivity contribution in [3.8, 4) is 5.75 Å². The van der Waals surface area contributed by atoms with Gasteiger partial charge in [-0.1, -0.05) is 12.1 Å². The van der Waals surface area contributed by atoms with Gasteiger partial charge in [-0.2, -0.15) is 0 Å². The number of carboxylic acid groups (broad SMARTS) is 1. The largest absolute Gasteiger partial charge is 0.497 e. The van der Waals surface area contributed by atoms with Gasteiger partial charge in [0.15, 0.2) is 0 Å². The van der Waals surface area contributed by atoms with Gasteiger partial charge >= 0.3 is 11.9 Å². The molecule has 0 bridgehead atoms. The maximum Gasteiger partial charge on any atom is 0.343 e. The Morgan fingerprint density at radius 3 is 2.30 bits per heavy atom. The van der Waals surface area contributed by atoms with Gasteiger partial charge in [0.25, 0.3) is 0 Å². The Balaban J connectivity index is 3.27. The average molecular weight is 281 g/mol. The number of carboxylic acids is 1. The second-order valence-corrected chi connectivity index (χ2v) is 5.35. The number of ether oxygens (including phenoxy) is 2. The molecule has 0 radical (unpaired) electrons. The third-order valence-corrected chi connectivity index (χ3v) is 2.58. The third-order valence-electron chi connectivity index (χ3n) is 2.58. The number of hydrogen-bond donors (Lipinski definition) is 2. The van der Waals surface area contributed by atoms with E-state index in [-0.39, 0.29) is 5.56 Å². The highest BCUT2D eigenvalue weighted by molar-refractivity contribution is 6.04. The lowest BCUT2D eigenvalue weighted by molar-refractivity contribution is -0.169. The van der Waals surface area contributed by atoms with Crippen LogP contribution in [0.1, 0.15) is 26.3 Å². The molecule has 6 nitrogen and oxygen atoms in total. The van der Waals surface area contributed by atoms with Crippen molar-refractivity contribution >= 4 is 11.9 Å². The molecule has 0 heterocycles. The lowest BCUT2D eigenvalue weighted by atomic mass is 9.90. The van der Waals surface area contributed by atoms with Crippen molar-refractivity contribution in [1.82, 2.24) is 0 Å². The van der Waals surface area contributed by atoms with Gasteiger partial charge in [0.1, 0.15) is 11.4 Å². The van der Waals surface area contributed by atoms with Crippen LogP contribution in [-0.2, 0) is 19.9 Å². The topological polar surface area (TPSA) is 98.9 Å². The summed E-state index contributed by atoms with van der Waals surface area (Å²) in [7, 11) is 1.44. The monoisotopic (exact) mass is 281 g/mol. The summed E-state index contributed by atoms with van der Waals surface area (Å²) in [5, 5.41) is 9.35. The van der Waals surface area contributed by atoms with E-state index in [0.717, 1.165) is 0 Å². The van der Waals surface area contributed by atoms with Crippen molar-refractivity contribution in [3.05, 3.63) is 29.8 Å². The van der Waals surface area contributed by atoms with E-state index in [1.165, 1.54) is 19.2 Å². The Morgan fingerprint density at radius 2 is 1.85 bits per heavy atom. The van der Waals surface area contributed by atoms with Crippen molar-refractivity contribution in [2.75, 3.05) is 7.11 Å². The minimum Gasteiger partial charge on any atom is -0.497 e. The zero-order valence-corrected chi connectivity index (χ0v) is 12.0. The van der Waals surface area contributed by atoms with Gasteiger partial charge in [-0.15, -0.1) is 0 Å². The van der Waals surface area contributed by atoms with Crippen LogP contribution in [0.3, 0.4) is 0 Å². The molecule has 0 saturated carbocycles. The molecule has 0 aliphatic heterocycles. The molecule has 1 aromatic carbocycles. The summed E-state index contributed by atoms with van der Waals surface area (Å²) in [6, 6.07) is 6.03. The van der Waals surface area contributed by atoms with Gasteiger partial charge < -0.3 is 20.3 Å². The summed E-state index contributed by atoms with van der Waals surface area (Å²) in [5.41, 5.74) is 2.79. The molecule has 3 N–H and O–H groups in total. The highest BCUT2D eigenvalue weighted by Gasteiger charge is 2.47. The lowest BCUT2D eigenvalue weighted by Crippen LogP contribution is -2.54. The molecule has 1 atom stereocenters. The number of nitrogens with two attached hydrogens (primary N) is 1. The Labute approximate surface area is 117 Å². The molecule has 0 saturated heterocycles.